The molecule has 0 aliphatic heterocycles. The van der Waals surface area contributed by atoms with E-state index in [2.05, 4.69) is 0 Å². The van der Waals surface area contributed by atoms with Crippen LogP contribution in [0.5, 0.6) is 0 Å². The van der Waals surface area contributed by atoms with E-state index in [4.69, 9.17) is 9.72 Å². The fourth-order valence-electron chi connectivity index (χ4n) is 3.44. The number of esters is 1. The number of thiophene rings is 1. The molecule has 7 heteroatoms. The molecule has 27 heavy (non-hydrogen) atoms. The van der Waals surface area contributed by atoms with E-state index in [-0.39, 0.29) is 11.5 Å². The standard InChI is InChI=1S/C20H20N2O3S2/c1-12(19(24)25-2)26-20-21-17-16(14-10-6-7-11-15(14)27-17)18(23)22(20)13-8-4-3-5-9-13/h3-5,8-9,12H,6-7,10-11H2,1-2H3/t12-/m0/s1. The number of ether oxygens (including phenoxy) is 1. The van der Waals surface area contributed by atoms with Crippen LogP contribution in [0.3, 0.4) is 0 Å². The molecular formula is C20H20N2O3S2. The summed E-state index contributed by atoms with van der Waals surface area (Å²) in [4.78, 5) is 32.3. The highest BCUT2D eigenvalue weighted by atomic mass is 32.2. The van der Waals surface area contributed by atoms with Crippen LogP contribution in [0.4, 0.5) is 0 Å². The van der Waals surface area contributed by atoms with Gasteiger partial charge in [0, 0.05) is 4.88 Å². The topological polar surface area (TPSA) is 61.2 Å². The van der Waals surface area contributed by atoms with Gasteiger partial charge in [0.15, 0.2) is 5.16 Å². The first-order valence-electron chi connectivity index (χ1n) is 8.97. The zero-order valence-corrected chi connectivity index (χ0v) is 16.9. The SMILES string of the molecule is COC(=O)[C@H](C)Sc1nc2sc3c(c2c(=O)n1-c1ccccc1)CCCC3. The molecule has 0 fully saturated rings. The molecule has 0 radical (unpaired) electrons. The number of fused-ring (bicyclic) bond motifs is 3. The highest BCUT2D eigenvalue weighted by Crippen LogP contribution is 2.35. The van der Waals surface area contributed by atoms with Crippen LogP contribution in [0, 0.1) is 0 Å². The smallest absolute Gasteiger partial charge is 0.318 e. The van der Waals surface area contributed by atoms with Crippen LogP contribution in [0.15, 0.2) is 40.3 Å². The van der Waals surface area contributed by atoms with Crippen LogP contribution in [0.2, 0.25) is 0 Å². The number of carbonyl (C=O) groups is 1. The van der Waals surface area contributed by atoms with Gasteiger partial charge in [-0.15, -0.1) is 11.3 Å². The van der Waals surface area contributed by atoms with Crippen LogP contribution in [-0.2, 0) is 22.4 Å². The average molecular weight is 401 g/mol. The second-order valence-electron chi connectivity index (χ2n) is 6.54. The van der Waals surface area contributed by atoms with Crippen LogP contribution in [0.25, 0.3) is 15.9 Å². The Morgan fingerprint density at radius 1 is 1.26 bits per heavy atom. The molecule has 4 rings (SSSR count). The Hall–Kier alpha value is -2.12. The molecule has 0 amide bonds. The van der Waals surface area contributed by atoms with Gasteiger partial charge in [-0.05, 0) is 50.3 Å². The number of methoxy groups -OCH3 is 1. The molecule has 1 aliphatic carbocycles. The molecule has 0 saturated heterocycles. The van der Waals surface area contributed by atoms with E-state index in [9.17, 15) is 9.59 Å². The van der Waals surface area contributed by atoms with Crippen LogP contribution in [-0.4, -0.2) is 27.9 Å². The minimum atomic E-state index is -0.455. The summed E-state index contributed by atoms with van der Waals surface area (Å²) in [5.41, 5.74) is 1.87. The molecule has 1 aromatic carbocycles. The van der Waals surface area contributed by atoms with Crippen molar-refractivity contribution < 1.29 is 9.53 Å². The summed E-state index contributed by atoms with van der Waals surface area (Å²) in [6.45, 7) is 1.77. The summed E-state index contributed by atoms with van der Waals surface area (Å²) in [6.07, 6.45) is 4.22. The van der Waals surface area contributed by atoms with Crippen molar-refractivity contribution in [1.82, 2.24) is 9.55 Å². The summed E-state index contributed by atoms with van der Waals surface area (Å²) < 4.78 is 6.47. The number of hydrogen-bond acceptors (Lipinski definition) is 6. The largest absolute Gasteiger partial charge is 0.468 e. The molecule has 1 atom stereocenters. The van der Waals surface area contributed by atoms with E-state index in [1.807, 2.05) is 30.3 Å². The minimum Gasteiger partial charge on any atom is -0.468 e. The van der Waals surface area contributed by atoms with Crippen molar-refractivity contribution >= 4 is 39.3 Å². The predicted octanol–water partition coefficient (Wildman–Crippen LogP) is 3.98. The van der Waals surface area contributed by atoms with Gasteiger partial charge in [-0.25, -0.2) is 4.98 Å². The van der Waals surface area contributed by atoms with Crippen molar-refractivity contribution in [3.8, 4) is 5.69 Å². The first kappa shape index (κ1) is 18.3. The lowest BCUT2D eigenvalue weighted by molar-refractivity contribution is -0.139. The summed E-state index contributed by atoms with van der Waals surface area (Å²) in [5, 5.41) is 0.813. The summed E-state index contributed by atoms with van der Waals surface area (Å²) in [7, 11) is 1.37. The number of nitrogens with zero attached hydrogens (tertiary/aromatic N) is 2. The third kappa shape index (κ3) is 3.30. The first-order valence-corrected chi connectivity index (χ1v) is 10.7. The van der Waals surface area contributed by atoms with E-state index in [1.165, 1.54) is 29.3 Å². The number of aryl methyl sites for hydroxylation is 2. The van der Waals surface area contributed by atoms with Crippen molar-refractivity contribution in [2.75, 3.05) is 7.11 Å². The zero-order chi connectivity index (χ0) is 19.0. The summed E-state index contributed by atoms with van der Waals surface area (Å²) in [5.74, 6) is -0.334. The summed E-state index contributed by atoms with van der Waals surface area (Å²) >= 11 is 2.88. The Morgan fingerprint density at radius 2 is 2.00 bits per heavy atom. The molecule has 2 heterocycles. The van der Waals surface area contributed by atoms with Gasteiger partial charge < -0.3 is 4.74 Å². The molecule has 0 N–H and O–H groups in total. The van der Waals surface area contributed by atoms with Gasteiger partial charge in [-0.2, -0.15) is 0 Å². The third-order valence-electron chi connectivity index (χ3n) is 4.79. The molecular weight excluding hydrogens is 380 g/mol. The number of para-hydroxylation sites is 1. The summed E-state index contributed by atoms with van der Waals surface area (Å²) in [6, 6.07) is 9.48. The predicted molar refractivity (Wildman–Crippen MR) is 109 cm³/mol. The lowest BCUT2D eigenvalue weighted by atomic mass is 9.97. The third-order valence-corrected chi connectivity index (χ3v) is 7.00. The second-order valence-corrected chi connectivity index (χ2v) is 8.94. The number of rotatable bonds is 4. The Morgan fingerprint density at radius 3 is 2.74 bits per heavy atom. The number of thioether (sulfide) groups is 1. The molecule has 0 spiro atoms. The molecule has 0 bridgehead atoms. The fraction of sp³-hybridized carbons (Fsp3) is 0.350. The van der Waals surface area contributed by atoms with Crippen molar-refractivity contribution in [1.29, 1.82) is 0 Å². The van der Waals surface area contributed by atoms with Crippen LogP contribution in [0.1, 0.15) is 30.2 Å². The van der Waals surface area contributed by atoms with Gasteiger partial charge in [0.2, 0.25) is 0 Å². The highest BCUT2D eigenvalue weighted by molar-refractivity contribution is 8.00. The van der Waals surface area contributed by atoms with E-state index in [1.54, 1.807) is 22.8 Å². The van der Waals surface area contributed by atoms with E-state index < -0.39 is 5.25 Å². The lowest BCUT2D eigenvalue weighted by Gasteiger charge is -2.15. The van der Waals surface area contributed by atoms with Gasteiger partial charge in [0.25, 0.3) is 5.56 Å². The molecule has 140 valence electrons. The van der Waals surface area contributed by atoms with Crippen molar-refractivity contribution in [2.24, 2.45) is 0 Å². The van der Waals surface area contributed by atoms with Gasteiger partial charge in [0.1, 0.15) is 10.1 Å². The Kier molecular flexibility index (Phi) is 5.06. The second kappa shape index (κ2) is 7.48. The van der Waals surface area contributed by atoms with Crippen LogP contribution < -0.4 is 5.56 Å². The van der Waals surface area contributed by atoms with Gasteiger partial charge in [-0.1, -0.05) is 30.0 Å². The molecule has 0 unspecified atom stereocenters. The van der Waals surface area contributed by atoms with Crippen molar-refractivity contribution in [2.45, 2.75) is 43.0 Å². The number of carbonyl (C=O) groups excluding carboxylic acids is 1. The Labute approximate surface area is 165 Å². The average Bonchev–Trinajstić information content (AvgIpc) is 3.06. The van der Waals surface area contributed by atoms with Gasteiger partial charge in [0.05, 0.1) is 18.2 Å². The van der Waals surface area contributed by atoms with Crippen molar-refractivity contribution in [3.05, 3.63) is 51.1 Å². The Bertz CT molecular complexity index is 1060. The van der Waals surface area contributed by atoms with E-state index in [0.29, 0.717) is 5.16 Å². The number of aromatic nitrogens is 2. The van der Waals surface area contributed by atoms with E-state index >= 15 is 0 Å². The molecule has 1 aliphatic rings. The van der Waals surface area contributed by atoms with Crippen molar-refractivity contribution in [3.63, 3.8) is 0 Å². The maximum absolute atomic E-state index is 13.5. The monoisotopic (exact) mass is 400 g/mol. The fourth-order valence-corrected chi connectivity index (χ4v) is 5.70. The normalized spacial score (nSPS) is 14.7. The lowest BCUT2D eigenvalue weighted by Crippen LogP contribution is -2.24. The molecule has 5 nitrogen and oxygen atoms in total. The number of benzene rings is 1. The van der Waals surface area contributed by atoms with Gasteiger partial charge in [-0.3, -0.25) is 14.2 Å². The molecule has 0 saturated carbocycles. The zero-order valence-electron chi connectivity index (χ0n) is 15.2. The molecule has 3 aromatic rings. The quantitative estimate of drug-likeness (QED) is 0.377. The first-order chi connectivity index (χ1) is 13.1. The maximum Gasteiger partial charge on any atom is 0.318 e. The molecule has 2 aromatic heterocycles. The minimum absolute atomic E-state index is 0.0508. The van der Waals surface area contributed by atoms with Crippen LogP contribution >= 0.6 is 23.1 Å². The van der Waals surface area contributed by atoms with Gasteiger partial charge >= 0.3 is 5.97 Å². The highest BCUT2D eigenvalue weighted by Gasteiger charge is 2.25. The Balaban J connectivity index is 1.95. The number of hydrogen-bond donors (Lipinski definition) is 0. The maximum atomic E-state index is 13.5. The van der Waals surface area contributed by atoms with E-state index in [0.717, 1.165) is 41.6 Å².